The Morgan fingerprint density at radius 3 is 3.00 bits per heavy atom. The van der Waals surface area contributed by atoms with Crippen LogP contribution in [-0.4, -0.2) is 60.9 Å². The van der Waals surface area contributed by atoms with Crippen molar-refractivity contribution in [2.45, 2.75) is 43.9 Å². The van der Waals surface area contributed by atoms with Crippen molar-refractivity contribution >= 4 is 5.91 Å². The van der Waals surface area contributed by atoms with Crippen LogP contribution in [-0.2, 0) is 9.53 Å². The standard InChI is InChI=1S/C12H22N2O3/c1-17-10-6-11(13-7-10)12(16)14-5-3-2-4-9(14)8-15/h9-11,13,15H,2-8H2,1H3. The van der Waals surface area contributed by atoms with E-state index >= 15 is 0 Å². The number of hydrogen-bond acceptors (Lipinski definition) is 4. The van der Waals surface area contributed by atoms with Crippen LogP contribution in [0.3, 0.4) is 0 Å². The van der Waals surface area contributed by atoms with Crippen LogP contribution in [0.1, 0.15) is 25.7 Å². The molecule has 2 rings (SSSR count). The van der Waals surface area contributed by atoms with E-state index in [1.807, 2.05) is 4.90 Å². The lowest BCUT2D eigenvalue weighted by molar-refractivity contribution is -0.138. The first-order valence-corrected chi connectivity index (χ1v) is 6.43. The zero-order valence-corrected chi connectivity index (χ0v) is 10.4. The summed E-state index contributed by atoms with van der Waals surface area (Å²) in [5.41, 5.74) is 0. The quantitative estimate of drug-likeness (QED) is 0.715. The van der Waals surface area contributed by atoms with Crippen molar-refractivity contribution in [3.8, 4) is 0 Å². The van der Waals surface area contributed by atoms with Crippen molar-refractivity contribution in [2.75, 3.05) is 26.8 Å². The third-order valence-corrected chi connectivity index (χ3v) is 3.84. The topological polar surface area (TPSA) is 61.8 Å². The highest BCUT2D eigenvalue weighted by Crippen LogP contribution is 2.20. The number of carbonyl (C=O) groups excluding carboxylic acids is 1. The van der Waals surface area contributed by atoms with E-state index in [4.69, 9.17) is 4.74 Å². The maximum Gasteiger partial charge on any atom is 0.240 e. The SMILES string of the molecule is COC1CNC(C(=O)N2CCCCC2CO)C1. The number of aliphatic hydroxyl groups is 1. The van der Waals surface area contributed by atoms with Gasteiger partial charge in [0.2, 0.25) is 5.91 Å². The van der Waals surface area contributed by atoms with Gasteiger partial charge in [-0.25, -0.2) is 0 Å². The largest absolute Gasteiger partial charge is 0.394 e. The van der Waals surface area contributed by atoms with Gasteiger partial charge in [0.05, 0.1) is 24.8 Å². The molecule has 2 saturated heterocycles. The Morgan fingerprint density at radius 2 is 2.35 bits per heavy atom. The van der Waals surface area contributed by atoms with E-state index in [0.29, 0.717) is 0 Å². The molecular weight excluding hydrogens is 220 g/mol. The summed E-state index contributed by atoms with van der Waals surface area (Å²) < 4.78 is 5.25. The Balaban J connectivity index is 1.94. The highest BCUT2D eigenvalue weighted by atomic mass is 16.5. The van der Waals surface area contributed by atoms with Gasteiger partial charge < -0.3 is 20.1 Å². The van der Waals surface area contributed by atoms with Crippen molar-refractivity contribution in [1.29, 1.82) is 0 Å². The Labute approximate surface area is 102 Å². The van der Waals surface area contributed by atoms with E-state index in [0.717, 1.165) is 38.8 Å². The van der Waals surface area contributed by atoms with Gasteiger partial charge in [-0.3, -0.25) is 4.79 Å². The Hall–Kier alpha value is -0.650. The van der Waals surface area contributed by atoms with Gasteiger partial charge in [0, 0.05) is 20.2 Å². The van der Waals surface area contributed by atoms with Crippen molar-refractivity contribution in [1.82, 2.24) is 10.2 Å². The van der Waals surface area contributed by atoms with Crippen LogP contribution in [0, 0.1) is 0 Å². The van der Waals surface area contributed by atoms with Crippen LogP contribution >= 0.6 is 0 Å². The molecule has 3 atom stereocenters. The minimum atomic E-state index is -0.132. The van der Waals surface area contributed by atoms with E-state index in [1.54, 1.807) is 7.11 Å². The van der Waals surface area contributed by atoms with Crippen molar-refractivity contribution in [2.24, 2.45) is 0 Å². The molecule has 2 aliphatic rings. The van der Waals surface area contributed by atoms with E-state index < -0.39 is 0 Å². The second-order valence-electron chi connectivity index (χ2n) is 4.92. The maximum atomic E-state index is 12.3. The molecule has 1 amide bonds. The third-order valence-electron chi connectivity index (χ3n) is 3.84. The molecule has 17 heavy (non-hydrogen) atoms. The summed E-state index contributed by atoms with van der Waals surface area (Å²) in [6.45, 7) is 1.59. The molecule has 3 unspecified atom stereocenters. The van der Waals surface area contributed by atoms with Crippen LogP contribution in [0.2, 0.25) is 0 Å². The number of nitrogens with one attached hydrogen (secondary N) is 1. The second-order valence-corrected chi connectivity index (χ2v) is 4.92. The lowest BCUT2D eigenvalue weighted by atomic mass is 10.0. The van der Waals surface area contributed by atoms with Gasteiger partial charge in [-0.2, -0.15) is 0 Å². The first-order valence-electron chi connectivity index (χ1n) is 6.43. The lowest BCUT2D eigenvalue weighted by Crippen LogP contribution is -2.51. The summed E-state index contributed by atoms with van der Waals surface area (Å²) in [4.78, 5) is 14.2. The van der Waals surface area contributed by atoms with Gasteiger partial charge >= 0.3 is 0 Å². The molecule has 2 heterocycles. The number of methoxy groups -OCH3 is 1. The molecule has 0 aromatic carbocycles. The van der Waals surface area contributed by atoms with E-state index in [2.05, 4.69) is 5.32 Å². The molecule has 2 fully saturated rings. The van der Waals surface area contributed by atoms with Crippen molar-refractivity contribution in [3.05, 3.63) is 0 Å². The van der Waals surface area contributed by atoms with E-state index in [-0.39, 0.29) is 30.7 Å². The average molecular weight is 242 g/mol. The highest BCUT2D eigenvalue weighted by Gasteiger charge is 2.35. The number of likely N-dealkylation sites (tertiary alicyclic amines) is 1. The predicted octanol–water partition coefficient (Wildman–Crippen LogP) is -0.263. The molecule has 0 aromatic rings. The fourth-order valence-corrected chi connectivity index (χ4v) is 2.75. The molecule has 0 aromatic heterocycles. The molecule has 0 aliphatic carbocycles. The monoisotopic (exact) mass is 242 g/mol. The number of hydrogen-bond donors (Lipinski definition) is 2. The zero-order chi connectivity index (χ0) is 12.3. The van der Waals surface area contributed by atoms with Gasteiger partial charge in [0.15, 0.2) is 0 Å². The Kier molecular flexibility index (Phi) is 4.36. The molecule has 0 spiro atoms. The van der Waals surface area contributed by atoms with E-state index in [1.165, 1.54) is 0 Å². The smallest absolute Gasteiger partial charge is 0.240 e. The van der Waals surface area contributed by atoms with Crippen LogP contribution in [0.5, 0.6) is 0 Å². The van der Waals surface area contributed by atoms with E-state index in [9.17, 15) is 9.90 Å². The molecule has 2 aliphatic heterocycles. The molecule has 0 bridgehead atoms. The van der Waals surface area contributed by atoms with Gasteiger partial charge in [0.1, 0.15) is 0 Å². The number of piperidine rings is 1. The molecule has 0 radical (unpaired) electrons. The fourth-order valence-electron chi connectivity index (χ4n) is 2.75. The van der Waals surface area contributed by atoms with Crippen LogP contribution in [0.15, 0.2) is 0 Å². The molecule has 2 N–H and O–H groups in total. The van der Waals surface area contributed by atoms with Crippen molar-refractivity contribution < 1.29 is 14.6 Å². The normalized spacial score (nSPS) is 34.0. The Morgan fingerprint density at radius 1 is 1.53 bits per heavy atom. The minimum absolute atomic E-state index is 0.0136. The molecule has 98 valence electrons. The lowest BCUT2D eigenvalue weighted by Gasteiger charge is -2.36. The third kappa shape index (κ3) is 2.78. The number of carbonyl (C=O) groups is 1. The Bertz CT molecular complexity index is 272. The van der Waals surface area contributed by atoms with Crippen LogP contribution in [0.25, 0.3) is 0 Å². The number of nitrogens with zero attached hydrogens (tertiary/aromatic N) is 1. The summed E-state index contributed by atoms with van der Waals surface area (Å²) >= 11 is 0. The summed E-state index contributed by atoms with van der Waals surface area (Å²) in [6.07, 6.45) is 3.95. The molecule has 5 heteroatoms. The highest BCUT2D eigenvalue weighted by molar-refractivity contribution is 5.82. The molecule has 0 saturated carbocycles. The van der Waals surface area contributed by atoms with Crippen LogP contribution in [0.4, 0.5) is 0 Å². The van der Waals surface area contributed by atoms with Crippen molar-refractivity contribution in [3.63, 3.8) is 0 Å². The fraction of sp³-hybridized carbons (Fsp3) is 0.917. The number of amides is 1. The average Bonchev–Trinajstić information content (AvgIpc) is 2.86. The van der Waals surface area contributed by atoms with Gasteiger partial charge in [-0.1, -0.05) is 0 Å². The van der Waals surface area contributed by atoms with Gasteiger partial charge in [-0.05, 0) is 25.7 Å². The zero-order valence-electron chi connectivity index (χ0n) is 10.4. The van der Waals surface area contributed by atoms with Crippen LogP contribution < -0.4 is 5.32 Å². The first kappa shape index (κ1) is 12.8. The second kappa shape index (κ2) is 5.80. The number of ether oxygens (including phenoxy) is 1. The minimum Gasteiger partial charge on any atom is -0.394 e. The van der Waals surface area contributed by atoms with Gasteiger partial charge in [-0.15, -0.1) is 0 Å². The summed E-state index contributed by atoms with van der Waals surface area (Å²) in [5, 5.41) is 12.5. The molecular formula is C12H22N2O3. The summed E-state index contributed by atoms with van der Waals surface area (Å²) in [6, 6.07) is -0.119. The number of aliphatic hydroxyl groups excluding tert-OH is 1. The summed E-state index contributed by atoms with van der Waals surface area (Å²) in [7, 11) is 1.68. The van der Waals surface area contributed by atoms with Gasteiger partial charge in [0.25, 0.3) is 0 Å². The first-order chi connectivity index (χ1) is 8.26. The predicted molar refractivity (Wildman–Crippen MR) is 63.6 cm³/mol. The number of rotatable bonds is 3. The summed E-state index contributed by atoms with van der Waals surface area (Å²) in [5.74, 6) is 0.128. The maximum absolute atomic E-state index is 12.3. The molecule has 5 nitrogen and oxygen atoms in total.